The molecule has 1 aromatic carbocycles. The first kappa shape index (κ1) is 28.0. The van der Waals surface area contributed by atoms with E-state index >= 15 is 0 Å². The number of benzene rings is 1. The lowest BCUT2D eigenvalue weighted by molar-refractivity contribution is -0.144. The molecule has 6 atom stereocenters. The Balaban J connectivity index is 1.65. The molecule has 0 aromatic heterocycles. The van der Waals surface area contributed by atoms with Crippen LogP contribution in [0.25, 0.3) is 0 Å². The first-order valence-electron chi connectivity index (χ1n) is 14.3. The van der Waals surface area contributed by atoms with Gasteiger partial charge in [-0.2, -0.15) is 0 Å². The van der Waals surface area contributed by atoms with E-state index in [1.807, 2.05) is 49.1 Å². The van der Waals surface area contributed by atoms with Gasteiger partial charge in [-0.25, -0.2) is 0 Å². The van der Waals surface area contributed by atoms with Gasteiger partial charge < -0.3 is 19.8 Å². The third-order valence-electron chi connectivity index (χ3n) is 8.68. The number of thioether (sulfide) groups is 1. The second-order valence-electron chi connectivity index (χ2n) is 11.9. The Bertz CT molecular complexity index is 1210. The highest BCUT2D eigenvalue weighted by atomic mass is 32.2. The minimum absolute atomic E-state index is 0.00364. The van der Waals surface area contributed by atoms with E-state index in [4.69, 9.17) is 0 Å². The zero-order chi connectivity index (χ0) is 28.1. The number of amides is 3. The van der Waals surface area contributed by atoms with E-state index in [0.29, 0.717) is 26.1 Å². The number of fused-ring (bicyclic) bond motifs is 2. The van der Waals surface area contributed by atoms with Crippen molar-refractivity contribution >= 4 is 35.2 Å². The number of hydrogen-bond acceptors (Lipinski definition) is 5. The zero-order valence-electron chi connectivity index (χ0n) is 23.7. The van der Waals surface area contributed by atoms with Crippen molar-refractivity contribution in [2.24, 2.45) is 17.8 Å². The van der Waals surface area contributed by atoms with Gasteiger partial charge in [-0.15, -0.1) is 11.8 Å². The number of rotatable bonds is 7. The van der Waals surface area contributed by atoms with Gasteiger partial charge in [-0.05, 0) is 49.8 Å². The van der Waals surface area contributed by atoms with Gasteiger partial charge in [-0.3, -0.25) is 14.4 Å². The summed E-state index contributed by atoms with van der Waals surface area (Å²) >= 11 is 1.60. The maximum atomic E-state index is 14.7. The molecule has 0 bridgehead atoms. The molecule has 1 unspecified atom stereocenters. The number of carbonyl (C=O) groups excluding carboxylic acids is 3. The van der Waals surface area contributed by atoms with Gasteiger partial charge in [0.15, 0.2) is 0 Å². The molecule has 8 heteroatoms. The highest BCUT2D eigenvalue weighted by Gasteiger charge is 2.71. The molecule has 4 heterocycles. The van der Waals surface area contributed by atoms with Crippen molar-refractivity contribution in [1.29, 1.82) is 0 Å². The van der Waals surface area contributed by atoms with Gasteiger partial charge in [0.05, 0.1) is 29.2 Å². The van der Waals surface area contributed by atoms with Crippen LogP contribution < -0.4 is 4.90 Å². The molecule has 1 aromatic rings. The Morgan fingerprint density at radius 2 is 1.85 bits per heavy atom. The Morgan fingerprint density at radius 1 is 1.08 bits per heavy atom. The number of nitrogens with zero attached hydrogens (tertiary/aromatic N) is 3. The molecule has 0 aliphatic carbocycles. The molecule has 2 saturated heterocycles. The molecular weight excluding hydrogens is 510 g/mol. The number of aryl methyl sites for hydroxylation is 2. The van der Waals surface area contributed by atoms with Gasteiger partial charge in [0.25, 0.3) is 5.91 Å². The lowest BCUT2D eigenvalue weighted by atomic mass is 9.78. The summed E-state index contributed by atoms with van der Waals surface area (Å²) in [6.07, 6.45) is 9.60. The Morgan fingerprint density at radius 3 is 2.54 bits per heavy atom. The molecular formula is C31H41N3O4S. The number of carbonyl (C=O) groups is 3. The van der Waals surface area contributed by atoms with E-state index in [2.05, 4.69) is 32.9 Å². The number of hydrogen-bond donors (Lipinski definition) is 1. The van der Waals surface area contributed by atoms with Crippen molar-refractivity contribution in [2.45, 2.75) is 69.5 Å². The minimum atomic E-state index is -0.879. The van der Waals surface area contributed by atoms with Gasteiger partial charge in [-0.1, -0.05) is 57.2 Å². The topological polar surface area (TPSA) is 81.2 Å². The molecule has 0 saturated carbocycles. The summed E-state index contributed by atoms with van der Waals surface area (Å²) in [7, 11) is 0. The van der Waals surface area contributed by atoms with Crippen LogP contribution in [0.3, 0.4) is 0 Å². The fraction of sp³-hybridized carbons (Fsp3) is 0.581. The largest absolute Gasteiger partial charge is 0.394 e. The molecule has 1 N–H and O–H groups in total. The van der Waals surface area contributed by atoms with Gasteiger partial charge in [0, 0.05) is 30.6 Å². The molecule has 3 amide bonds. The average Bonchev–Trinajstić information content (AvgIpc) is 3.22. The minimum Gasteiger partial charge on any atom is -0.394 e. The highest BCUT2D eigenvalue weighted by molar-refractivity contribution is 8.02. The van der Waals surface area contributed by atoms with Crippen LogP contribution in [-0.2, 0) is 14.4 Å². The van der Waals surface area contributed by atoms with Crippen molar-refractivity contribution < 1.29 is 19.5 Å². The predicted octanol–water partition coefficient (Wildman–Crippen LogP) is 3.72. The van der Waals surface area contributed by atoms with Crippen LogP contribution in [0.4, 0.5) is 5.69 Å². The second kappa shape index (κ2) is 10.8. The summed E-state index contributed by atoms with van der Waals surface area (Å²) in [5.41, 5.74) is 2.88. The Hall–Kier alpha value is -2.58. The summed E-state index contributed by atoms with van der Waals surface area (Å²) in [6.45, 7) is 11.5. The zero-order valence-corrected chi connectivity index (χ0v) is 24.5. The molecule has 5 rings (SSSR count). The third-order valence-corrected chi connectivity index (χ3v) is 10.4. The van der Waals surface area contributed by atoms with Crippen LogP contribution in [0, 0.1) is 31.6 Å². The van der Waals surface area contributed by atoms with E-state index in [-0.39, 0.29) is 35.5 Å². The number of anilines is 1. The van der Waals surface area contributed by atoms with E-state index in [1.54, 1.807) is 21.6 Å². The number of likely N-dealkylation sites (tertiary alicyclic amines) is 1. The quantitative estimate of drug-likeness (QED) is 0.523. The highest BCUT2D eigenvalue weighted by Crippen LogP contribution is 2.61. The smallest absolute Gasteiger partial charge is 0.251 e. The van der Waals surface area contributed by atoms with Crippen LogP contribution in [0.2, 0.25) is 0 Å². The molecule has 1 spiro atoms. The molecule has 0 radical (unpaired) electrons. The molecule has 4 aliphatic heterocycles. The fourth-order valence-corrected chi connectivity index (χ4v) is 9.03. The fourth-order valence-electron chi connectivity index (χ4n) is 7.04. The van der Waals surface area contributed by atoms with E-state index in [9.17, 15) is 19.5 Å². The standard InChI is InChI=1S/C31H41N3O4S/c1-6-13-32-14-7-9-24-25(28(32)36)26-29(37)34(22(18-35)16-19(2)3)27-30(38)33(15-8-12-31(26,27)39-24)23-17-20(4)10-11-21(23)5/h7-12,17,19,22,24-27,35H,6,13-16,18H2,1-5H3/t22-,24+,25-,26+,27?,31+/m1/s1. The van der Waals surface area contributed by atoms with Gasteiger partial charge in [0.2, 0.25) is 11.8 Å². The lowest BCUT2D eigenvalue weighted by Gasteiger charge is -2.39. The SMILES string of the molecule is CCCN1CC=C[C@@H]2S[C@]34C=CCN(c5cc(C)ccc5C)C(=O)C3N([C@@H](CO)CC(C)C)C(=O)[C@@H]4[C@@H]2C1=O. The van der Waals surface area contributed by atoms with Gasteiger partial charge in [0.1, 0.15) is 6.04 Å². The lowest BCUT2D eigenvalue weighted by Crippen LogP contribution is -2.57. The van der Waals surface area contributed by atoms with Crippen molar-refractivity contribution in [3.8, 4) is 0 Å². The van der Waals surface area contributed by atoms with Crippen molar-refractivity contribution in [1.82, 2.24) is 9.80 Å². The van der Waals surface area contributed by atoms with Crippen LogP contribution >= 0.6 is 11.8 Å². The van der Waals surface area contributed by atoms with Crippen molar-refractivity contribution in [2.75, 3.05) is 31.1 Å². The van der Waals surface area contributed by atoms with E-state index < -0.39 is 28.7 Å². The van der Waals surface area contributed by atoms with Crippen LogP contribution in [-0.4, -0.2) is 80.9 Å². The summed E-state index contributed by atoms with van der Waals surface area (Å²) in [5, 5.41) is 10.4. The summed E-state index contributed by atoms with van der Waals surface area (Å²) < 4.78 is -0.879. The Kier molecular flexibility index (Phi) is 7.72. The van der Waals surface area contributed by atoms with Crippen LogP contribution in [0.1, 0.15) is 44.7 Å². The molecule has 4 aliphatic rings. The maximum Gasteiger partial charge on any atom is 0.251 e. The second-order valence-corrected chi connectivity index (χ2v) is 13.4. The van der Waals surface area contributed by atoms with E-state index in [1.165, 1.54) is 0 Å². The van der Waals surface area contributed by atoms with Crippen LogP contribution in [0.15, 0.2) is 42.5 Å². The molecule has 2 fully saturated rings. The molecule has 210 valence electrons. The normalized spacial score (nSPS) is 30.9. The van der Waals surface area contributed by atoms with Crippen molar-refractivity contribution in [3.63, 3.8) is 0 Å². The molecule has 39 heavy (non-hydrogen) atoms. The number of aliphatic hydroxyl groups excluding tert-OH is 1. The van der Waals surface area contributed by atoms with Crippen LogP contribution in [0.5, 0.6) is 0 Å². The summed E-state index contributed by atoms with van der Waals surface area (Å²) in [4.78, 5) is 48.5. The monoisotopic (exact) mass is 551 g/mol. The maximum absolute atomic E-state index is 14.7. The van der Waals surface area contributed by atoms with Crippen molar-refractivity contribution in [3.05, 3.63) is 53.6 Å². The summed E-state index contributed by atoms with van der Waals surface area (Å²) in [5.74, 6) is -1.30. The molecule has 7 nitrogen and oxygen atoms in total. The third kappa shape index (κ3) is 4.53. The first-order valence-corrected chi connectivity index (χ1v) is 15.1. The average molecular weight is 552 g/mol. The summed E-state index contributed by atoms with van der Waals surface area (Å²) in [6, 6.07) is 4.78. The van der Waals surface area contributed by atoms with E-state index in [0.717, 1.165) is 23.2 Å². The number of aliphatic hydroxyl groups is 1. The van der Waals surface area contributed by atoms with Gasteiger partial charge >= 0.3 is 0 Å². The first-order chi connectivity index (χ1) is 18.6. The Labute approximate surface area is 236 Å². The predicted molar refractivity (Wildman–Crippen MR) is 155 cm³/mol.